The van der Waals surface area contributed by atoms with Crippen molar-refractivity contribution in [3.05, 3.63) is 24.3 Å². The molecule has 0 aromatic heterocycles. The van der Waals surface area contributed by atoms with Gasteiger partial charge in [0.1, 0.15) is 12.7 Å². The first-order chi connectivity index (χ1) is 29.3. The Labute approximate surface area is 370 Å². The largest absolute Gasteiger partial charge is 0.472 e. The van der Waals surface area contributed by atoms with Gasteiger partial charge in [0.05, 0.1) is 13.2 Å². The van der Waals surface area contributed by atoms with Gasteiger partial charge in [0.25, 0.3) is 0 Å². The standard InChI is InChI=1S/C50H96NO8P/c1-3-5-7-9-11-13-15-17-19-21-23-24-25-27-29-31-33-35-37-39-41-43-50(54)57-46-48(52)47-59-60(55,56)58-45-44-51-49(53)42-40-38-36-34-32-30-28-26-22-20-18-16-14-12-10-8-6-4-2/h17,19-20,22,48,52H,3-16,18,21,23-47H2,1-2H3,(H,51,53)(H,55,56)/b19-17+,22-20-. The highest BCUT2D eigenvalue weighted by atomic mass is 31.2. The van der Waals surface area contributed by atoms with E-state index in [0.717, 1.165) is 38.5 Å². The summed E-state index contributed by atoms with van der Waals surface area (Å²) in [5.41, 5.74) is 0. The van der Waals surface area contributed by atoms with Crippen molar-refractivity contribution in [2.75, 3.05) is 26.4 Å². The molecule has 60 heavy (non-hydrogen) atoms. The van der Waals surface area contributed by atoms with Gasteiger partial charge in [-0.15, -0.1) is 0 Å². The Hall–Kier alpha value is -1.51. The van der Waals surface area contributed by atoms with E-state index in [9.17, 15) is 24.2 Å². The smallest absolute Gasteiger partial charge is 0.463 e. The lowest BCUT2D eigenvalue weighted by Gasteiger charge is -2.15. The highest BCUT2D eigenvalue weighted by Crippen LogP contribution is 2.42. The van der Waals surface area contributed by atoms with Crippen LogP contribution in [0, 0.1) is 0 Å². The number of carbonyl (C=O) groups is 2. The molecule has 0 aromatic carbocycles. The predicted octanol–water partition coefficient (Wildman–Crippen LogP) is 14.7. The van der Waals surface area contributed by atoms with Gasteiger partial charge >= 0.3 is 13.8 Å². The van der Waals surface area contributed by atoms with Crippen molar-refractivity contribution in [2.24, 2.45) is 0 Å². The van der Waals surface area contributed by atoms with Gasteiger partial charge in [-0.3, -0.25) is 18.6 Å². The van der Waals surface area contributed by atoms with Crippen molar-refractivity contribution in [3.8, 4) is 0 Å². The molecule has 0 heterocycles. The van der Waals surface area contributed by atoms with E-state index in [1.54, 1.807) is 0 Å². The van der Waals surface area contributed by atoms with E-state index in [2.05, 4.69) is 43.5 Å². The third-order valence-electron chi connectivity index (χ3n) is 11.1. The maximum atomic E-state index is 12.1. The Morgan fingerprint density at radius 3 is 1.25 bits per heavy atom. The maximum Gasteiger partial charge on any atom is 0.472 e. The van der Waals surface area contributed by atoms with Gasteiger partial charge in [-0.2, -0.15) is 0 Å². The van der Waals surface area contributed by atoms with E-state index in [4.69, 9.17) is 13.8 Å². The quantitative estimate of drug-likeness (QED) is 0.0238. The van der Waals surface area contributed by atoms with Gasteiger partial charge in [0.15, 0.2) is 0 Å². The number of nitrogens with one attached hydrogen (secondary N) is 1. The van der Waals surface area contributed by atoms with Gasteiger partial charge < -0.3 is 20.1 Å². The topological polar surface area (TPSA) is 131 Å². The van der Waals surface area contributed by atoms with Crippen LogP contribution in [-0.4, -0.2) is 54.3 Å². The van der Waals surface area contributed by atoms with Crippen LogP contribution < -0.4 is 5.32 Å². The number of rotatable bonds is 48. The van der Waals surface area contributed by atoms with E-state index in [1.165, 1.54) is 186 Å². The van der Waals surface area contributed by atoms with Crippen LogP contribution in [-0.2, 0) is 27.9 Å². The fourth-order valence-electron chi connectivity index (χ4n) is 7.25. The van der Waals surface area contributed by atoms with Crippen LogP contribution in [0.1, 0.15) is 251 Å². The molecule has 0 aromatic rings. The van der Waals surface area contributed by atoms with E-state index in [-0.39, 0.29) is 32.1 Å². The lowest BCUT2D eigenvalue weighted by Crippen LogP contribution is -2.27. The molecule has 2 unspecified atom stereocenters. The second-order valence-corrected chi connectivity index (χ2v) is 18.6. The zero-order valence-electron chi connectivity index (χ0n) is 39.2. The number of unbranched alkanes of at least 4 members (excludes halogenated alkanes) is 31. The number of phosphoric acid groups is 1. The van der Waals surface area contributed by atoms with E-state index in [0.29, 0.717) is 6.42 Å². The number of ether oxygens (including phenoxy) is 1. The zero-order chi connectivity index (χ0) is 43.9. The van der Waals surface area contributed by atoms with Gasteiger partial charge in [-0.25, -0.2) is 4.57 Å². The Morgan fingerprint density at radius 1 is 0.500 bits per heavy atom. The summed E-state index contributed by atoms with van der Waals surface area (Å²) in [5, 5.41) is 12.7. The zero-order valence-corrected chi connectivity index (χ0v) is 40.1. The number of hydrogen-bond acceptors (Lipinski definition) is 7. The molecular formula is C50H96NO8P. The second kappa shape index (κ2) is 47.0. The summed E-state index contributed by atoms with van der Waals surface area (Å²) in [6.07, 6.45) is 52.6. The molecule has 0 rings (SSSR count). The molecule has 0 aliphatic carbocycles. The van der Waals surface area contributed by atoms with E-state index < -0.39 is 26.5 Å². The van der Waals surface area contributed by atoms with Crippen LogP contribution in [0.25, 0.3) is 0 Å². The predicted molar refractivity (Wildman–Crippen MR) is 252 cm³/mol. The van der Waals surface area contributed by atoms with Gasteiger partial charge in [0, 0.05) is 19.4 Å². The number of allylic oxidation sites excluding steroid dienone is 4. The van der Waals surface area contributed by atoms with Crippen LogP contribution in [0.4, 0.5) is 0 Å². The van der Waals surface area contributed by atoms with Crippen molar-refractivity contribution >= 4 is 19.7 Å². The molecule has 3 N–H and O–H groups in total. The maximum absolute atomic E-state index is 12.1. The van der Waals surface area contributed by atoms with Crippen molar-refractivity contribution in [1.29, 1.82) is 0 Å². The third kappa shape index (κ3) is 47.5. The number of amides is 1. The minimum Gasteiger partial charge on any atom is -0.463 e. The SMILES string of the molecule is CCCCCCCC/C=C/CCCCCCCCCCCCCC(=O)OCC(O)COP(=O)(O)OCCNC(=O)CCCCCCCCC/C=C\CCCCCCCCC. The minimum absolute atomic E-state index is 0.0816. The van der Waals surface area contributed by atoms with Crippen molar-refractivity contribution < 1.29 is 37.9 Å². The third-order valence-corrected chi connectivity index (χ3v) is 12.1. The first kappa shape index (κ1) is 58.5. The number of hydrogen-bond donors (Lipinski definition) is 3. The summed E-state index contributed by atoms with van der Waals surface area (Å²) in [6, 6.07) is 0. The van der Waals surface area contributed by atoms with Crippen LogP contribution in [0.15, 0.2) is 24.3 Å². The molecule has 0 spiro atoms. The van der Waals surface area contributed by atoms with Gasteiger partial charge in [-0.1, -0.05) is 199 Å². The number of carbonyl (C=O) groups excluding carboxylic acids is 2. The highest BCUT2D eigenvalue weighted by Gasteiger charge is 2.23. The molecule has 354 valence electrons. The van der Waals surface area contributed by atoms with E-state index >= 15 is 0 Å². The van der Waals surface area contributed by atoms with Crippen LogP contribution >= 0.6 is 7.82 Å². The number of aliphatic hydroxyl groups excluding tert-OH is 1. The second-order valence-electron chi connectivity index (χ2n) is 17.1. The normalized spacial score (nSPS) is 13.3. The summed E-state index contributed by atoms with van der Waals surface area (Å²) >= 11 is 0. The highest BCUT2D eigenvalue weighted by molar-refractivity contribution is 7.47. The van der Waals surface area contributed by atoms with Crippen molar-refractivity contribution in [3.63, 3.8) is 0 Å². The molecule has 10 heteroatoms. The Balaban J connectivity index is 3.54. The summed E-state index contributed by atoms with van der Waals surface area (Å²) < 4.78 is 27.0. The molecule has 1 amide bonds. The number of aliphatic hydroxyl groups is 1. The van der Waals surface area contributed by atoms with E-state index in [1.807, 2.05) is 0 Å². The summed E-state index contributed by atoms with van der Waals surface area (Å²) in [5.74, 6) is -0.513. The Kier molecular flexibility index (Phi) is 45.8. The van der Waals surface area contributed by atoms with Crippen molar-refractivity contribution in [2.45, 2.75) is 258 Å². The fourth-order valence-corrected chi connectivity index (χ4v) is 8.01. The van der Waals surface area contributed by atoms with Crippen LogP contribution in [0.2, 0.25) is 0 Å². The van der Waals surface area contributed by atoms with Gasteiger partial charge in [0.2, 0.25) is 5.91 Å². The molecule has 0 aliphatic rings. The monoisotopic (exact) mass is 870 g/mol. The van der Waals surface area contributed by atoms with Crippen LogP contribution in [0.3, 0.4) is 0 Å². The molecule has 2 atom stereocenters. The molecule has 0 saturated carbocycles. The number of esters is 1. The average Bonchev–Trinajstić information content (AvgIpc) is 3.23. The molecule has 0 aliphatic heterocycles. The van der Waals surface area contributed by atoms with Crippen molar-refractivity contribution in [1.82, 2.24) is 5.32 Å². The minimum atomic E-state index is -4.42. The lowest BCUT2D eigenvalue weighted by molar-refractivity contribution is -0.147. The molecule has 0 radical (unpaired) electrons. The lowest BCUT2D eigenvalue weighted by atomic mass is 10.0. The number of phosphoric ester groups is 1. The first-order valence-corrected chi connectivity index (χ1v) is 26.8. The molecular weight excluding hydrogens is 774 g/mol. The molecule has 0 saturated heterocycles. The first-order valence-electron chi connectivity index (χ1n) is 25.3. The molecule has 9 nitrogen and oxygen atoms in total. The summed E-state index contributed by atoms with van der Waals surface area (Å²) in [4.78, 5) is 34.0. The van der Waals surface area contributed by atoms with Crippen LogP contribution in [0.5, 0.6) is 0 Å². The summed E-state index contributed by atoms with van der Waals surface area (Å²) in [6.45, 7) is 3.58. The Morgan fingerprint density at radius 2 is 0.850 bits per heavy atom. The average molecular weight is 870 g/mol. The molecule has 0 bridgehead atoms. The summed E-state index contributed by atoms with van der Waals surface area (Å²) in [7, 11) is -4.42. The fraction of sp³-hybridized carbons (Fsp3) is 0.880. The molecule has 0 fully saturated rings. The van der Waals surface area contributed by atoms with Gasteiger partial charge in [-0.05, 0) is 64.2 Å². The Bertz CT molecular complexity index is 1040.